The van der Waals surface area contributed by atoms with E-state index in [0.717, 1.165) is 49.5 Å². The first-order chi connectivity index (χ1) is 12.1. The van der Waals surface area contributed by atoms with Crippen LogP contribution in [0.1, 0.15) is 12.0 Å². The highest BCUT2D eigenvalue weighted by molar-refractivity contribution is 7.92. The number of sulfonamides is 1. The van der Waals surface area contributed by atoms with E-state index in [0.29, 0.717) is 6.54 Å². The molecule has 5 nitrogen and oxygen atoms in total. The molecule has 4 rings (SSSR count). The van der Waals surface area contributed by atoms with E-state index in [9.17, 15) is 12.8 Å². The number of aryl methyl sites for hydroxylation is 1. The SMILES string of the molecule is O=S(=O)(c1ccc(F)cc1)N1CCCc2ccc(N3CCNC3)cc21. The zero-order chi connectivity index (χ0) is 17.4. The zero-order valence-electron chi connectivity index (χ0n) is 13.8. The standard InChI is InChI=1S/C18H20FN3O2S/c19-15-4-7-17(8-5-15)25(23,24)22-10-1-2-14-3-6-16(12-18(14)22)21-11-9-20-13-21/h3-8,12,20H,1-2,9-11,13H2. The van der Waals surface area contributed by atoms with Gasteiger partial charge in [-0.1, -0.05) is 6.07 Å². The van der Waals surface area contributed by atoms with Gasteiger partial charge in [0.05, 0.1) is 17.3 Å². The second-order valence-corrected chi connectivity index (χ2v) is 8.23. The van der Waals surface area contributed by atoms with E-state index in [1.807, 2.05) is 12.1 Å². The van der Waals surface area contributed by atoms with Crippen LogP contribution in [0.25, 0.3) is 0 Å². The number of nitrogens with one attached hydrogen (secondary N) is 1. The summed E-state index contributed by atoms with van der Waals surface area (Å²) >= 11 is 0. The molecule has 2 heterocycles. The third kappa shape index (κ3) is 2.98. The normalized spacial score (nSPS) is 17.6. The molecule has 0 atom stereocenters. The van der Waals surface area contributed by atoms with Crippen molar-refractivity contribution in [2.24, 2.45) is 0 Å². The summed E-state index contributed by atoms with van der Waals surface area (Å²) < 4.78 is 40.8. The Labute approximate surface area is 147 Å². The van der Waals surface area contributed by atoms with Gasteiger partial charge < -0.3 is 4.90 Å². The van der Waals surface area contributed by atoms with Crippen LogP contribution in [0.2, 0.25) is 0 Å². The lowest BCUT2D eigenvalue weighted by molar-refractivity contribution is 0.585. The largest absolute Gasteiger partial charge is 0.357 e. The highest BCUT2D eigenvalue weighted by atomic mass is 32.2. The maximum Gasteiger partial charge on any atom is 0.264 e. The first-order valence-corrected chi connectivity index (χ1v) is 9.87. The fraction of sp³-hybridized carbons (Fsp3) is 0.333. The maximum absolute atomic E-state index is 13.2. The molecule has 1 N–H and O–H groups in total. The molecule has 2 aromatic rings. The summed E-state index contributed by atoms with van der Waals surface area (Å²) in [7, 11) is -3.70. The summed E-state index contributed by atoms with van der Waals surface area (Å²) in [4.78, 5) is 2.31. The topological polar surface area (TPSA) is 52.7 Å². The van der Waals surface area contributed by atoms with Gasteiger partial charge in [0.1, 0.15) is 5.82 Å². The second-order valence-electron chi connectivity index (χ2n) is 6.37. The van der Waals surface area contributed by atoms with E-state index in [1.165, 1.54) is 28.6 Å². The minimum absolute atomic E-state index is 0.120. The van der Waals surface area contributed by atoms with Crippen molar-refractivity contribution in [1.82, 2.24) is 5.32 Å². The zero-order valence-corrected chi connectivity index (χ0v) is 14.6. The molecule has 0 bridgehead atoms. The summed E-state index contributed by atoms with van der Waals surface area (Å²) in [6, 6.07) is 11.1. The summed E-state index contributed by atoms with van der Waals surface area (Å²) in [5, 5.41) is 3.28. The predicted molar refractivity (Wildman–Crippen MR) is 95.9 cm³/mol. The number of hydrogen-bond donors (Lipinski definition) is 1. The van der Waals surface area contributed by atoms with Gasteiger partial charge in [-0.05, 0) is 54.8 Å². The fourth-order valence-electron chi connectivity index (χ4n) is 3.44. The van der Waals surface area contributed by atoms with Gasteiger partial charge >= 0.3 is 0 Å². The monoisotopic (exact) mass is 361 g/mol. The Morgan fingerprint density at radius 1 is 1.04 bits per heavy atom. The first-order valence-electron chi connectivity index (χ1n) is 8.42. The number of hydrogen-bond acceptors (Lipinski definition) is 4. The van der Waals surface area contributed by atoms with Crippen molar-refractivity contribution >= 4 is 21.4 Å². The molecule has 0 spiro atoms. The molecular weight excluding hydrogens is 341 g/mol. The molecule has 0 radical (unpaired) electrons. The van der Waals surface area contributed by atoms with Gasteiger partial charge in [0.15, 0.2) is 0 Å². The number of nitrogens with zero attached hydrogens (tertiary/aromatic N) is 2. The molecule has 2 aliphatic heterocycles. The van der Waals surface area contributed by atoms with Gasteiger partial charge in [-0.15, -0.1) is 0 Å². The average molecular weight is 361 g/mol. The molecule has 1 fully saturated rings. The highest BCUT2D eigenvalue weighted by Crippen LogP contribution is 2.35. The van der Waals surface area contributed by atoms with Gasteiger partial charge in [0.2, 0.25) is 0 Å². The minimum atomic E-state index is -3.70. The van der Waals surface area contributed by atoms with Crippen LogP contribution in [0.15, 0.2) is 47.4 Å². The quantitative estimate of drug-likeness (QED) is 0.912. The van der Waals surface area contributed by atoms with Crippen LogP contribution in [0, 0.1) is 5.82 Å². The lowest BCUT2D eigenvalue weighted by Gasteiger charge is -2.32. The molecule has 2 aromatic carbocycles. The number of fused-ring (bicyclic) bond motifs is 1. The molecule has 25 heavy (non-hydrogen) atoms. The molecule has 2 aliphatic rings. The van der Waals surface area contributed by atoms with E-state index in [-0.39, 0.29) is 4.90 Å². The third-order valence-corrected chi connectivity index (χ3v) is 6.60. The number of anilines is 2. The third-order valence-electron chi connectivity index (χ3n) is 4.77. The molecule has 132 valence electrons. The fourth-order valence-corrected chi connectivity index (χ4v) is 4.97. The summed E-state index contributed by atoms with van der Waals surface area (Å²) in [6.45, 7) is 3.04. The van der Waals surface area contributed by atoms with Crippen LogP contribution in [0.5, 0.6) is 0 Å². The Balaban J connectivity index is 1.75. The summed E-state index contributed by atoms with van der Waals surface area (Å²) in [5.41, 5.74) is 2.79. The Bertz CT molecular complexity index is 878. The number of benzene rings is 2. The van der Waals surface area contributed by atoms with Crippen LogP contribution < -0.4 is 14.5 Å². The van der Waals surface area contributed by atoms with Crippen molar-refractivity contribution < 1.29 is 12.8 Å². The Kier molecular flexibility index (Phi) is 4.13. The van der Waals surface area contributed by atoms with Crippen LogP contribution in [0.3, 0.4) is 0 Å². The Morgan fingerprint density at radius 3 is 2.56 bits per heavy atom. The van der Waals surface area contributed by atoms with Crippen molar-refractivity contribution in [3.63, 3.8) is 0 Å². The smallest absolute Gasteiger partial charge is 0.264 e. The lowest BCUT2D eigenvalue weighted by Crippen LogP contribution is -2.35. The van der Waals surface area contributed by atoms with Gasteiger partial charge in [0, 0.05) is 25.3 Å². The summed E-state index contributed by atoms with van der Waals surface area (Å²) in [5.74, 6) is -0.443. The van der Waals surface area contributed by atoms with E-state index < -0.39 is 15.8 Å². The Morgan fingerprint density at radius 2 is 1.84 bits per heavy atom. The van der Waals surface area contributed by atoms with Crippen molar-refractivity contribution in [3.8, 4) is 0 Å². The van der Waals surface area contributed by atoms with Crippen molar-refractivity contribution in [2.75, 3.05) is 35.5 Å². The van der Waals surface area contributed by atoms with Crippen LogP contribution in [-0.2, 0) is 16.4 Å². The number of halogens is 1. The van der Waals surface area contributed by atoms with E-state index in [1.54, 1.807) is 0 Å². The minimum Gasteiger partial charge on any atom is -0.357 e. The molecule has 0 saturated carbocycles. The van der Waals surface area contributed by atoms with Crippen LogP contribution >= 0.6 is 0 Å². The average Bonchev–Trinajstić information content (AvgIpc) is 3.16. The first kappa shape index (κ1) is 16.4. The number of rotatable bonds is 3. The molecule has 0 amide bonds. The van der Waals surface area contributed by atoms with Crippen molar-refractivity contribution in [3.05, 3.63) is 53.8 Å². The molecule has 0 aliphatic carbocycles. The van der Waals surface area contributed by atoms with E-state index in [4.69, 9.17) is 0 Å². The molecule has 0 unspecified atom stereocenters. The second kappa shape index (κ2) is 6.31. The summed E-state index contributed by atoms with van der Waals surface area (Å²) in [6.07, 6.45) is 1.64. The molecule has 1 saturated heterocycles. The van der Waals surface area contributed by atoms with Gasteiger partial charge in [-0.25, -0.2) is 12.8 Å². The van der Waals surface area contributed by atoms with Crippen LogP contribution in [-0.4, -0.2) is 34.7 Å². The molecule has 7 heteroatoms. The maximum atomic E-state index is 13.2. The lowest BCUT2D eigenvalue weighted by atomic mass is 10.0. The molecular formula is C18H20FN3O2S. The predicted octanol–water partition coefficient (Wildman–Crippen LogP) is 2.33. The van der Waals surface area contributed by atoms with Gasteiger partial charge in [0.25, 0.3) is 10.0 Å². The van der Waals surface area contributed by atoms with Gasteiger partial charge in [-0.3, -0.25) is 9.62 Å². The van der Waals surface area contributed by atoms with E-state index >= 15 is 0 Å². The van der Waals surface area contributed by atoms with E-state index in [2.05, 4.69) is 16.3 Å². The Hall–Kier alpha value is -2.12. The van der Waals surface area contributed by atoms with Crippen molar-refractivity contribution in [1.29, 1.82) is 0 Å². The highest BCUT2D eigenvalue weighted by Gasteiger charge is 2.30. The van der Waals surface area contributed by atoms with Crippen LogP contribution in [0.4, 0.5) is 15.8 Å². The molecule has 0 aromatic heterocycles. The van der Waals surface area contributed by atoms with Gasteiger partial charge in [-0.2, -0.15) is 0 Å². The van der Waals surface area contributed by atoms with Crippen molar-refractivity contribution in [2.45, 2.75) is 17.7 Å².